The number of ketones is 1. The number of nitrogens with one attached hydrogen (secondary N) is 1. The minimum atomic E-state index is -0.548. The maximum absolute atomic E-state index is 12.6. The lowest BCUT2D eigenvalue weighted by atomic mass is 9.78. The van der Waals surface area contributed by atoms with Crippen LogP contribution >= 0.6 is 0 Å². The van der Waals surface area contributed by atoms with E-state index in [0.29, 0.717) is 22.4 Å². The molecule has 3 rings (SSSR count). The Kier molecular flexibility index (Phi) is 5.03. The van der Waals surface area contributed by atoms with Crippen molar-refractivity contribution in [2.24, 2.45) is 0 Å². The fourth-order valence-corrected chi connectivity index (χ4v) is 3.27. The Morgan fingerprint density at radius 1 is 1.00 bits per heavy atom. The second-order valence-corrected chi connectivity index (χ2v) is 9.39. The highest BCUT2D eigenvalue weighted by Crippen LogP contribution is 2.40. The van der Waals surface area contributed by atoms with E-state index in [2.05, 4.69) is 4.98 Å². The Morgan fingerprint density at radius 3 is 2.14 bits per heavy atom. The zero-order valence-electron chi connectivity index (χ0n) is 17.7. The Balaban J connectivity index is 2.00. The maximum Gasteiger partial charge on any atom is 0.417 e. The molecule has 0 aliphatic rings. The molecule has 1 heterocycles. The lowest BCUT2D eigenvalue weighted by Crippen LogP contribution is -2.17. The number of hydrogen-bond acceptors (Lipinski definition) is 4. The number of carbonyl (C=O) groups excluding carboxylic acids is 1. The molecule has 0 atom stereocenters. The van der Waals surface area contributed by atoms with Gasteiger partial charge in [0.05, 0.1) is 5.52 Å². The van der Waals surface area contributed by atoms with Gasteiger partial charge in [0.25, 0.3) is 0 Å². The van der Waals surface area contributed by atoms with Crippen LogP contribution in [0.2, 0.25) is 0 Å². The summed E-state index contributed by atoms with van der Waals surface area (Å²) in [4.78, 5) is 26.5. The maximum atomic E-state index is 12.6. The normalized spacial score (nSPS) is 12.8. The molecule has 2 aromatic carbocycles. The third-order valence-corrected chi connectivity index (χ3v) is 4.88. The number of hydrogen-bond donors (Lipinski definition) is 2. The molecule has 3 aromatic rings. The highest BCUT2D eigenvalue weighted by Gasteiger charge is 2.26. The number of allylic oxidation sites excluding steroid dienone is 1. The summed E-state index contributed by atoms with van der Waals surface area (Å²) in [5.74, 6) is -0.423. The highest BCUT2D eigenvalue weighted by atomic mass is 16.4. The molecule has 0 fully saturated rings. The third kappa shape index (κ3) is 4.34. The molecule has 5 nitrogen and oxygen atoms in total. The van der Waals surface area contributed by atoms with E-state index in [1.807, 2.05) is 53.7 Å². The molecule has 2 N–H and O–H groups in total. The van der Waals surface area contributed by atoms with Gasteiger partial charge in [0.15, 0.2) is 11.4 Å². The smallest absolute Gasteiger partial charge is 0.417 e. The van der Waals surface area contributed by atoms with Crippen LogP contribution < -0.4 is 5.76 Å². The molecule has 0 aliphatic heterocycles. The number of aromatic hydroxyl groups is 1. The fourth-order valence-electron chi connectivity index (χ4n) is 3.27. The number of benzene rings is 2. The summed E-state index contributed by atoms with van der Waals surface area (Å²) >= 11 is 0. The quantitative estimate of drug-likeness (QED) is 0.466. The number of aromatic amines is 1. The molecule has 1 aromatic heterocycles. The van der Waals surface area contributed by atoms with Crippen LogP contribution in [0.1, 0.15) is 68.6 Å². The topological polar surface area (TPSA) is 83.3 Å². The number of rotatable bonds is 3. The van der Waals surface area contributed by atoms with E-state index in [1.54, 1.807) is 24.3 Å². The fraction of sp³-hybridized carbons (Fsp3) is 0.333. The van der Waals surface area contributed by atoms with Gasteiger partial charge in [-0.1, -0.05) is 47.6 Å². The van der Waals surface area contributed by atoms with E-state index < -0.39 is 5.76 Å². The van der Waals surface area contributed by atoms with Crippen LogP contribution in [0, 0.1) is 0 Å². The molecule has 5 heteroatoms. The van der Waals surface area contributed by atoms with E-state index in [9.17, 15) is 14.7 Å². The van der Waals surface area contributed by atoms with Crippen molar-refractivity contribution in [2.45, 2.75) is 52.4 Å². The Hall–Kier alpha value is -3.08. The van der Waals surface area contributed by atoms with Crippen molar-refractivity contribution in [3.8, 4) is 5.75 Å². The van der Waals surface area contributed by atoms with Gasteiger partial charge in [-0.05, 0) is 52.8 Å². The molecule has 0 amide bonds. The summed E-state index contributed by atoms with van der Waals surface area (Å²) in [6.45, 7) is 12.3. The first kappa shape index (κ1) is 20.6. The van der Waals surface area contributed by atoms with Crippen LogP contribution in [-0.4, -0.2) is 15.9 Å². The zero-order valence-corrected chi connectivity index (χ0v) is 17.7. The van der Waals surface area contributed by atoms with Gasteiger partial charge in [-0.3, -0.25) is 9.78 Å². The van der Waals surface area contributed by atoms with E-state index in [0.717, 1.165) is 16.7 Å². The van der Waals surface area contributed by atoms with Crippen LogP contribution in [0.4, 0.5) is 0 Å². The Morgan fingerprint density at radius 2 is 1.59 bits per heavy atom. The van der Waals surface area contributed by atoms with Crippen molar-refractivity contribution in [1.82, 2.24) is 4.98 Å². The molecule has 29 heavy (non-hydrogen) atoms. The standard InChI is InChI=1S/C24H27NO4/c1-23(2,3)16-11-14(12-17(21(16)27)24(4,5)6)7-9-19(26)15-8-10-20-18(13-15)25-22(28)29-20/h7-13,27H,1-6H3,(H,25,28). The number of H-pyrrole nitrogens is 1. The van der Waals surface area contributed by atoms with Crippen LogP contribution in [0.5, 0.6) is 5.75 Å². The van der Waals surface area contributed by atoms with Gasteiger partial charge in [-0.25, -0.2) is 4.79 Å². The average molecular weight is 393 g/mol. The largest absolute Gasteiger partial charge is 0.507 e. The number of phenols is 1. The van der Waals surface area contributed by atoms with E-state index in [4.69, 9.17) is 4.42 Å². The lowest BCUT2D eigenvalue weighted by molar-refractivity contribution is 0.104. The van der Waals surface area contributed by atoms with Crippen LogP contribution in [0.15, 0.2) is 45.6 Å². The second kappa shape index (κ2) is 7.07. The monoisotopic (exact) mass is 393 g/mol. The van der Waals surface area contributed by atoms with Gasteiger partial charge in [-0.15, -0.1) is 0 Å². The molecular weight excluding hydrogens is 366 g/mol. The average Bonchev–Trinajstić information content (AvgIpc) is 2.97. The van der Waals surface area contributed by atoms with Gasteiger partial charge in [-0.2, -0.15) is 0 Å². The summed E-state index contributed by atoms with van der Waals surface area (Å²) in [5.41, 5.74) is 3.42. The first-order chi connectivity index (χ1) is 13.4. The zero-order chi connectivity index (χ0) is 21.6. The minimum absolute atomic E-state index is 0.184. The molecule has 0 bridgehead atoms. The lowest BCUT2D eigenvalue weighted by Gasteiger charge is -2.27. The Labute approximate surface area is 170 Å². The summed E-state index contributed by atoms with van der Waals surface area (Å²) in [7, 11) is 0. The van der Waals surface area contributed by atoms with E-state index in [1.165, 1.54) is 6.08 Å². The predicted octanol–water partition coefficient (Wildman–Crippen LogP) is 5.32. The summed E-state index contributed by atoms with van der Waals surface area (Å²) in [6.07, 6.45) is 3.26. The van der Waals surface area contributed by atoms with Crippen LogP contribution in [0.25, 0.3) is 17.2 Å². The number of phenolic OH excluding ortho intramolecular Hbond substituents is 1. The number of oxazole rings is 1. The van der Waals surface area contributed by atoms with E-state index in [-0.39, 0.29) is 16.6 Å². The first-order valence-electron chi connectivity index (χ1n) is 9.59. The van der Waals surface area contributed by atoms with Crippen molar-refractivity contribution in [2.75, 3.05) is 0 Å². The molecule has 0 saturated heterocycles. The second-order valence-electron chi connectivity index (χ2n) is 9.39. The van der Waals surface area contributed by atoms with Gasteiger partial charge >= 0.3 is 5.76 Å². The summed E-state index contributed by atoms with van der Waals surface area (Å²) in [5, 5.41) is 10.8. The van der Waals surface area contributed by atoms with Crippen molar-refractivity contribution in [3.05, 3.63) is 69.2 Å². The molecule has 0 radical (unpaired) electrons. The molecule has 0 aliphatic carbocycles. The van der Waals surface area contributed by atoms with Crippen molar-refractivity contribution >= 4 is 23.0 Å². The Bertz CT molecular complexity index is 1130. The van der Waals surface area contributed by atoms with Gasteiger partial charge in [0, 0.05) is 16.7 Å². The van der Waals surface area contributed by atoms with Crippen molar-refractivity contribution in [3.63, 3.8) is 0 Å². The molecule has 0 saturated carbocycles. The van der Waals surface area contributed by atoms with Gasteiger partial charge in [0.2, 0.25) is 0 Å². The van der Waals surface area contributed by atoms with Gasteiger partial charge < -0.3 is 9.52 Å². The molecular formula is C24H27NO4. The van der Waals surface area contributed by atoms with Crippen LogP contribution in [0.3, 0.4) is 0 Å². The number of carbonyl (C=O) groups is 1. The molecule has 0 unspecified atom stereocenters. The number of fused-ring (bicyclic) bond motifs is 1. The van der Waals surface area contributed by atoms with Crippen LogP contribution in [-0.2, 0) is 10.8 Å². The van der Waals surface area contributed by atoms with Gasteiger partial charge in [0.1, 0.15) is 5.75 Å². The SMILES string of the molecule is CC(C)(C)c1cc(C=CC(=O)c2ccc3oc(=O)[nH]c3c2)cc(C(C)(C)C)c1O. The molecule has 152 valence electrons. The van der Waals surface area contributed by atoms with Crippen molar-refractivity contribution < 1.29 is 14.3 Å². The predicted molar refractivity (Wildman–Crippen MR) is 116 cm³/mol. The molecule has 0 spiro atoms. The number of aromatic nitrogens is 1. The van der Waals surface area contributed by atoms with Crippen molar-refractivity contribution in [1.29, 1.82) is 0 Å². The first-order valence-corrected chi connectivity index (χ1v) is 9.59. The minimum Gasteiger partial charge on any atom is -0.507 e. The highest BCUT2D eigenvalue weighted by molar-refractivity contribution is 6.08. The summed E-state index contributed by atoms with van der Waals surface area (Å²) < 4.78 is 4.97. The third-order valence-electron chi connectivity index (χ3n) is 4.88. The van der Waals surface area contributed by atoms with E-state index >= 15 is 0 Å². The summed E-state index contributed by atoms with van der Waals surface area (Å²) in [6, 6.07) is 8.68.